The smallest absolute Gasteiger partial charge is 0.266 e. The van der Waals surface area contributed by atoms with E-state index >= 15 is 0 Å². The Hall–Kier alpha value is -3.11. The van der Waals surface area contributed by atoms with Crippen molar-refractivity contribution in [3.05, 3.63) is 98.1 Å². The molecule has 0 fully saturated rings. The molecule has 3 aromatic carbocycles. The van der Waals surface area contributed by atoms with E-state index in [4.69, 9.17) is 4.74 Å². The van der Waals surface area contributed by atoms with Crippen molar-refractivity contribution in [3.8, 4) is 11.8 Å². The maximum absolute atomic E-state index is 12.4. The lowest BCUT2D eigenvalue weighted by Gasteiger charge is -2.10. The fraction of sp³-hybridized carbons (Fsp3) is 0.120. The predicted molar refractivity (Wildman–Crippen MR) is 128 cm³/mol. The monoisotopic (exact) mass is 508 g/mol. The van der Waals surface area contributed by atoms with Gasteiger partial charge in [-0.2, -0.15) is 5.26 Å². The lowest BCUT2D eigenvalue weighted by Crippen LogP contribution is -2.13. The normalized spacial score (nSPS) is 10.9. The zero-order valence-corrected chi connectivity index (χ0v) is 18.9. The van der Waals surface area contributed by atoms with E-state index < -0.39 is 5.91 Å². The summed E-state index contributed by atoms with van der Waals surface area (Å²) in [6.07, 6.45) is 1.58. The van der Waals surface area contributed by atoms with Gasteiger partial charge in [0.15, 0.2) is 0 Å². The van der Waals surface area contributed by atoms with Crippen molar-refractivity contribution in [2.75, 3.05) is 5.32 Å². The SMILES string of the molecule is Cc1ccc(NC(=O)/C(C#N)=C/c2ccc(OCc3cccc(C)c3)c(I)c2)cc1. The summed E-state index contributed by atoms with van der Waals surface area (Å²) in [6.45, 7) is 4.51. The second kappa shape index (κ2) is 10.1. The van der Waals surface area contributed by atoms with Gasteiger partial charge in [-0.3, -0.25) is 4.79 Å². The quantitative estimate of drug-likeness (QED) is 0.251. The van der Waals surface area contributed by atoms with Crippen LogP contribution in [-0.2, 0) is 11.4 Å². The van der Waals surface area contributed by atoms with Gasteiger partial charge >= 0.3 is 0 Å². The second-order valence-corrected chi connectivity index (χ2v) is 8.12. The van der Waals surface area contributed by atoms with Gasteiger partial charge in [0, 0.05) is 5.69 Å². The van der Waals surface area contributed by atoms with Crippen LogP contribution in [0.25, 0.3) is 6.08 Å². The van der Waals surface area contributed by atoms with Crippen molar-refractivity contribution < 1.29 is 9.53 Å². The number of aryl methyl sites for hydroxylation is 2. The average molecular weight is 508 g/mol. The number of nitrogens with zero attached hydrogens (tertiary/aromatic N) is 1. The van der Waals surface area contributed by atoms with E-state index in [-0.39, 0.29) is 5.57 Å². The summed E-state index contributed by atoms with van der Waals surface area (Å²) in [5.41, 5.74) is 4.86. The fourth-order valence-corrected chi connectivity index (χ4v) is 3.53. The minimum absolute atomic E-state index is 0.0415. The van der Waals surface area contributed by atoms with Gasteiger partial charge in [-0.05, 0) is 77.9 Å². The highest BCUT2D eigenvalue weighted by Crippen LogP contribution is 2.24. The predicted octanol–water partition coefficient (Wildman–Crippen LogP) is 6.03. The number of halogens is 1. The van der Waals surface area contributed by atoms with Crippen LogP contribution in [0.1, 0.15) is 22.3 Å². The fourth-order valence-electron chi connectivity index (χ4n) is 2.84. The first-order valence-corrected chi connectivity index (χ1v) is 10.5. The van der Waals surface area contributed by atoms with Gasteiger partial charge in [-0.1, -0.05) is 53.6 Å². The van der Waals surface area contributed by atoms with Gasteiger partial charge in [0.1, 0.15) is 24.0 Å². The van der Waals surface area contributed by atoms with E-state index in [2.05, 4.69) is 47.0 Å². The number of hydrogen-bond donors (Lipinski definition) is 1. The Morgan fingerprint density at radius 1 is 1.07 bits per heavy atom. The Balaban J connectivity index is 1.70. The number of benzene rings is 3. The molecule has 0 saturated carbocycles. The van der Waals surface area contributed by atoms with Crippen LogP contribution in [0.4, 0.5) is 5.69 Å². The topological polar surface area (TPSA) is 62.1 Å². The lowest BCUT2D eigenvalue weighted by atomic mass is 10.1. The van der Waals surface area contributed by atoms with Crippen molar-refractivity contribution in [2.45, 2.75) is 20.5 Å². The number of ether oxygens (including phenoxy) is 1. The van der Waals surface area contributed by atoms with Gasteiger partial charge in [0.2, 0.25) is 0 Å². The molecule has 0 spiro atoms. The first-order chi connectivity index (χ1) is 14.4. The molecule has 0 radical (unpaired) electrons. The molecule has 0 bridgehead atoms. The first-order valence-electron chi connectivity index (χ1n) is 9.42. The molecule has 1 N–H and O–H groups in total. The first kappa shape index (κ1) is 21.6. The summed E-state index contributed by atoms with van der Waals surface area (Å²) < 4.78 is 6.84. The molecule has 0 aliphatic heterocycles. The third-order valence-corrected chi connectivity index (χ3v) is 5.26. The van der Waals surface area contributed by atoms with Crippen LogP contribution >= 0.6 is 22.6 Å². The molecule has 3 rings (SSSR count). The average Bonchev–Trinajstić information content (AvgIpc) is 2.73. The molecule has 0 heterocycles. The molecule has 5 heteroatoms. The van der Waals surface area contributed by atoms with Gasteiger partial charge < -0.3 is 10.1 Å². The molecule has 0 saturated heterocycles. The standard InChI is InChI=1S/C25H21IN2O2/c1-17-6-9-22(10-7-17)28-25(29)21(15-27)13-19-8-11-24(23(26)14-19)30-16-20-5-3-4-18(2)12-20/h3-14H,16H2,1-2H3,(H,28,29)/b21-13+. The molecular formula is C25H21IN2O2. The third-order valence-electron chi connectivity index (χ3n) is 4.42. The highest BCUT2D eigenvalue weighted by atomic mass is 127. The maximum Gasteiger partial charge on any atom is 0.266 e. The van der Waals surface area contributed by atoms with Crippen LogP contribution in [0, 0.1) is 28.7 Å². The molecule has 0 aliphatic rings. The van der Waals surface area contributed by atoms with Crippen LogP contribution in [0.2, 0.25) is 0 Å². The Labute approximate surface area is 190 Å². The molecular weight excluding hydrogens is 487 g/mol. The molecule has 0 aromatic heterocycles. The van der Waals surface area contributed by atoms with Crippen molar-refractivity contribution in [3.63, 3.8) is 0 Å². The number of carbonyl (C=O) groups is 1. The number of nitrogens with one attached hydrogen (secondary N) is 1. The number of anilines is 1. The highest BCUT2D eigenvalue weighted by molar-refractivity contribution is 14.1. The summed E-state index contributed by atoms with van der Waals surface area (Å²) in [5, 5.41) is 12.2. The Morgan fingerprint density at radius 3 is 2.50 bits per heavy atom. The van der Waals surface area contributed by atoms with E-state index in [1.165, 1.54) is 5.56 Å². The van der Waals surface area contributed by atoms with E-state index in [0.717, 1.165) is 26.0 Å². The van der Waals surface area contributed by atoms with Crippen LogP contribution in [0.5, 0.6) is 5.75 Å². The summed E-state index contributed by atoms with van der Waals surface area (Å²) in [5.74, 6) is 0.327. The van der Waals surface area contributed by atoms with Crippen molar-refractivity contribution >= 4 is 40.3 Å². The molecule has 3 aromatic rings. The molecule has 30 heavy (non-hydrogen) atoms. The van der Waals surface area contributed by atoms with Gasteiger partial charge in [-0.15, -0.1) is 0 Å². The van der Waals surface area contributed by atoms with Gasteiger partial charge in [0.05, 0.1) is 3.57 Å². The maximum atomic E-state index is 12.4. The van der Waals surface area contributed by atoms with Crippen LogP contribution in [0.15, 0.2) is 72.3 Å². The highest BCUT2D eigenvalue weighted by Gasteiger charge is 2.10. The number of carbonyl (C=O) groups excluding carboxylic acids is 1. The Kier molecular flexibility index (Phi) is 7.26. The van der Waals surface area contributed by atoms with Crippen molar-refractivity contribution in [1.82, 2.24) is 0 Å². The Morgan fingerprint density at radius 2 is 1.83 bits per heavy atom. The molecule has 150 valence electrons. The largest absolute Gasteiger partial charge is 0.488 e. The molecule has 0 atom stereocenters. The zero-order chi connectivity index (χ0) is 21.5. The number of rotatable bonds is 6. The summed E-state index contributed by atoms with van der Waals surface area (Å²) >= 11 is 2.20. The molecule has 4 nitrogen and oxygen atoms in total. The summed E-state index contributed by atoms with van der Waals surface area (Å²) in [4.78, 5) is 12.4. The van der Waals surface area contributed by atoms with Gasteiger partial charge in [-0.25, -0.2) is 0 Å². The molecule has 0 aliphatic carbocycles. The van der Waals surface area contributed by atoms with Gasteiger partial charge in [0.25, 0.3) is 5.91 Å². The third kappa shape index (κ3) is 5.94. The minimum atomic E-state index is -0.434. The van der Waals surface area contributed by atoms with E-state index in [0.29, 0.717) is 12.3 Å². The van der Waals surface area contributed by atoms with Crippen LogP contribution in [-0.4, -0.2) is 5.91 Å². The number of amides is 1. The van der Waals surface area contributed by atoms with E-state index in [1.807, 2.05) is 67.6 Å². The van der Waals surface area contributed by atoms with E-state index in [1.54, 1.807) is 6.08 Å². The molecule has 0 unspecified atom stereocenters. The zero-order valence-electron chi connectivity index (χ0n) is 16.8. The van der Waals surface area contributed by atoms with Crippen LogP contribution < -0.4 is 10.1 Å². The lowest BCUT2D eigenvalue weighted by molar-refractivity contribution is -0.112. The van der Waals surface area contributed by atoms with Crippen LogP contribution in [0.3, 0.4) is 0 Å². The number of nitriles is 1. The number of hydrogen-bond acceptors (Lipinski definition) is 3. The minimum Gasteiger partial charge on any atom is -0.488 e. The molecule has 1 amide bonds. The summed E-state index contributed by atoms with van der Waals surface area (Å²) in [7, 11) is 0. The van der Waals surface area contributed by atoms with Crippen molar-refractivity contribution in [2.24, 2.45) is 0 Å². The summed E-state index contributed by atoms with van der Waals surface area (Å²) in [6, 6.07) is 23.2. The second-order valence-electron chi connectivity index (χ2n) is 6.96. The van der Waals surface area contributed by atoms with E-state index in [9.17, 15) is 10.1 Å². The van der Waals surface area contributed by atoms with Crippen molar-refractivity contribution in [1.29, 1.82) is 5.26 Å². The Bertz CT molecular complexity index is 1130.